The third-order valence-electron chi connectivity index (χ3n) is 9.59. The molecule has 0 fully saturated rings. The van der Waals surface area contributed by atoms with E-state index in [1.54, 1.807) is 42.5 Å². The number of rotatable bonds is 12. The molecule has 8 aromatic carbocycles. The summed E-state index contributed by atoms with van der Waals surface area (Å²) in [6, 6.07) is 62.0. The van der Waals surface area contributed by atoms with Gasteiger partial charge in [0.15, 0.2) is 11.5 Å². The van der Waals surface area contributed by atoms with Crippen molar-refractivity contribution in [2.75, 3.05) is 7.11 Å². The van der Waals surface area contributed by atoms with Crippen molar-refractivity contribution in [2.24, 2.45) is 0 Å². The number of carbonyl (C=O) groups is 1. The van der Waals surface area contributed by atoms with Crippen molar-refractivity contribution >= 4 is 5.97 Å². The Morgan fingerprint density at radius 3 is 1.10 bits per heavy atom. The molecular weight excluding hydrogens is 749 g/mol. The van der Waals surface area contributed by atoms with Crippen LogP contribution in [0.15, 0.2) is 188 Å². The fourth-order valence-electron chi connectivity index (χ4n) is 6.71. The van der Waals surface area contributed by atoms with E-state index in [1.807, 2.05) is 146 Å². The van der Waals surface area contributed by atoms with Crippen LogP contribution in [0.25, 0.3) is 33.4 Å². The van der Waals surface area contributed by atoms with Crippen LogP contribution >= 0.6 is 0 Å². The number of hydrogen-bond acceptors (Lipinski definition) is 8. The lowest BCUT2D eigenvalue weighted by molar-refractivity contribution is 0.0600. The molecule has 0 radical (unpaired) electrons. The first-order valence-electron chi connectivity index (χ1n) is 18.9. The Bertz CT molecular complexity index is 2880. The van der Waals surface area contributed by atoms with Gasteiger partial charge in [0, 0.05) is 16.7 Å². The van der Waals surface area contributed by atoms with Gasteiger partial charge in [-0.25, -0.2) is 4.79 Å². The highest BCUT2D eigenvalue weighted by atomic mass is 16.6. The summed E-state index contributed by atoms with van der Waals surface area (Å²) in [6.45, 7) is 0. The molecule has 0 aliphatic heterocycles. The van der Waals surface area contributed by atoms with Gasteiger partial charge in [-0.1, -0.05) is 146 Å². The first-order chi connectivity index (χ1) is 29.6. The minimum atomic E-state index is -0.525. The first-order valence-corrected chi connectivity index (χ1v) is 18.9. The van der Waals surface area contributed by atoms with E-state index in [0.717, 1.165) is 33.4 Å². The van der Waals surface area contributed by atoms with Crippen LogP contribution in [0.5, 0.6) is 46.0 Å². The van der Waals surface area contributed by atoms with Gasteiger partial charge in [0.1, 0.15) is 46.3 Å². The lowest BCUT2D eigenvalue weighted by Gasteiger charge is -2.24. The van der Waals surface area contributed by atoms with Crippen molar-refractivity contribution in [3.8, 4) is 91.5 Å². The Morgan fingerprint density at radius 1 is 0.400 bits per heavy atom. The van der Waals surface area contributed by atoms with E-state index in [4.69, 9.17) is 23.7 Å². The largest absolute Gasteiger partial charge is 0.465 e. The molecule has 0 N–H and O–H groups in total. The van der Waals surface area contributed by atoms with E-state index in [9.17, 15) is 15.3 Å². The predicted molar refractivity (Wildman–Crippen MR) is 230 cm³/mol. The number of para-hydroxylation sites is 3. The van der Waals surface area contributed by atoms with Crippen molar-refractivity contribution < 1.29 is 28.5 Å². The van der Waals surface area contributed by atoms with Gasteiger partial charge in [-0.15, -0.1) is 0 Å². The molecule has 0 bridgehead atoms. The molecule has 8 heteroatoms. The molecule has 60 heavy (non-hydrogen) atoms. The maximum Gasteiger partial charge on any atom is 0.337 e. The maximum atomic E-state index is 12.4. The average molecular weight is 783 g/mol. The monoisotopic (exact) mass is 782 g/mol. The molecule has 0 aliphatic carbocycles. The van der Waals surface area contributed by atoms with Gasteiger partial charge in [-0.05, 0) is 59.2 Å². The van der Waals surface area contributed by atoms with Gasteiger partial charge < -0.3 is 23.7 Å². The number of methoxy groups -OCH3 is 1. The molecule has 8 rings (SSSR count). The lowest BCUT2D eigenvalue weighted by atomic mass is 10.0. The average Bonchev–Trinajstić information content (AvgIpc) is 3.31. The van der Waals surface area contributed by atoms with Crippen LogP contribution in [0.4, 0.5) is 0 Å². The zero-order chi connectivity index (χ0) is 41.3. The minimum Gasteiger partial charge on any atom is -0.465 e. The van der Waals surface area contributed by atoms with Crippen LogP contribution in [-0.2, 0) is 4.74 Å². The number of nitrogens with zero attached hydrogens (tertiary/aromatic N) is 2. The number of nitriles is 2. The van der Waals surface area contributed by atoms with Gasteiger partial charge in [0.05, 0.1) is 12.7 Å². The molecule has 288 valence electrons. The van der Waals surface area contributed by atoms with Gasteiger partial charge in [0.25, 0.3) is 0 Å². The zero-order valence-corrected chi connectivity index (χ0v) is 32.2. The summed E-state index contributed by atoms with van der Waals surface area (Å²) in [7, 11) is 1.30. The van der Waals surface area contributed by atoms with Crippen molar-refractivity contribution in [3.05, 3.63) is 205 Å². The van der Waals surface area contributed by atoms with Crippen LogP contribution in [0.3, 0.4) is 0 Å². The Hall–Kier alpha value is -8.59. The summed E-state index contributed by atoms with van der Waals surface area (Å²) in [5.74, 6) is 0.637. The highest BCUT2D eigenvalue weighted by molar-refractivity contribution is 5.89. The number of benzene rings is 8. The van der Waals surface area contributed by atoms with Crippen LogP contribution in [0.1, 0.15) is 21.5 Å². The Morgan fingerprint density at radius 2 is 0.733 bits per heavy atom. The lowest BCUT2D eigenvalue weighted by Crippen LogP contribution is -2.05. The SMILES string of the molecule is COC(=O)c1ccc(Oc2c(Oc3ccccc3-c3ccccc3)c(C#N)c(C#N)c(Oc3ccccc3-c3ccccc3)c2Oc2ccccc2-c2ccccc2)cc1. The van der Waals surface area contributed by atoms with Crippen LogP contribution in [0, 0.1) is 22.7 Å². The molecule has 0 heterocycles. The van der Waals surface area contributed by atoms with E-state index in [0.29, 0.717) is 22.8 Å². The molecule has 0 spiro atoms. The van der Waals surface area contributed by atoms with Crippen LogP contribution in [0.2, 0.25) is 0 Å². The molecule has 8 aromatic rings. The highest BCUT2D eigenvalue weighted by Crippen LogP contribution is 2.56. The van der Waals surface area contributed by atoms with Crippen LogP contribution < -0.4 is 18.9 Å². The Balaban J connectivity index is 1.42. The summed E-state index contributed by atoms with van der Waals surface area (Å²) in [6.07, 6.45) is 0. The van der Waals surface area contributed by atoms with E-state index < -0.39 is 5.97 Å². The van der Waals surface area contributed by atoms with Crippen molar-refractivity contribution in [1.82, 2.24) is 0 Å². The summed E-state index contributed by atoms with van der Waals surface area (Å²) < 4.78 is 32.2. The van der Waals surface area contributed by atoms with Crippen molar-refractivity contribution in [3.63, 3.8) is 0 Å². The molecular formula is C52H34N2O6. The van der Waals surface area contributed by atoms with Gasteiger partial charge in [0.2, 0.25) is 11.5 Å². The van der Waals surface area contributed by atoms with E-state index in [-0.39, 0.29) is 39.9 Å². The number of ether oxygens (including phenoxy) is 5. The summed E-state index contributed by atoms with van der Waals surface area (Å²) >= 11 is 0. The molecule has 0 saturated carbocycles. The number of carbonyl (C=O) groups excluding carboxylic acids is 1. The third-order valence-corrected chi connectivity index (χ3v) is 9.59. The van der Waals surface area contributed by atoms with Gasteiger partial charge in [-0.3, -0.25) is 0 Å². The number of esters is 1. The quantitative estimate of drug-likeness (QED) is 0.113. The van der Waals surface area contributed by atoms with Crippen molar-refractivity contribution in [1.29, 1.82) is 10.5 Å². The van der Waals surface area contributed by atoms with Crippen molar-refractivity contribution in [2.45, 2.75) is 0 Å². The molecule has 0 atom stereocenters. The standard InChI is InChI=1S/C52H34N2O6/c1-56-52(55)38-29-31-39(32-30-38)57-50-48(58-45-26-14-11-23-40(45)35-17-5-2-6-18-35)43(33-53)44(34-54)49(59-46-27-15-12-24-41(46)36-19-7-3-8-20-36)51(50)60-47-28-16-13-25-42(47)37-21-9-4-10-22-37/h2-32H,1H3. The smallest absolute Gasteiger partial charge is 0.337 e. The molecule has 0 aromatic heterocycles. The fourth-order valence-corrected chi connectivity index (χ4v) is 6.71. The molecule has 0 unspecified atom stereocenters. The molecule has 8 nitrogen and oxygen atoms in total. The third kappa shape index (κ3) is 7.99. The van der Waals surface area contributed by atoms with Gasteiger partial charge >= 0.3 is 5.97 Å². The van der Waals surface area contributed by atoms with Gasteiger partial charge in [-0.2, -0.15) is 10.5 Å². The van der Waals surface area contributed by atoms with E-state index in [1.165, 1.54) is 7.11 Å². The second kappa shape index (κ2) is 17.7. The minimum absolute atomic E-state index is 0.0407. The van der Waals surface area contributed by atoms with E-state index in [2.05, 4.69) is 12.1 Å². The zero-order valence-electron chi connectivity index (χ0n) is 32.2. The fraction of sp³-hybridized carbons (Fsp3) is 0.0192. The number of hydrogen-bond donors (Lipinski definition) is 0. The van der Waals surface area contributed by atoms with E-state index >= 15 is 0 Å². The topological polar surface area (TPSA) is 111 Å². The predicted octanol–water partition coefficient (Wildman–Crippen LogP) is 13.4. The second-order valence-corrected chi connectivity index (χ2v) is 13.3. The highest BCUT2D eigenvalue weighted by Gasteiger charge is 2.33. The first kappa shape index (κ1) is 38.3. The maximum absolute atomic E-state index is 12.4. The molecule has 0 aliphatic rings. The summed E-state index contributed by atoms with van der Waals surface area (Å²) in [5.41, 5.74) is 4.78. The molecule has 0 saturated heterocycles. The van der Waals surface area contributed by atoms with Crippen LogP contribution in [-0.4, -0.2) is 13.1 Å². The summed E-state index contributed by atoms with van der Waals surface area (Å²) in [5, 5.41) is 22.1. The normalized spacial score (nSPS) is 10.4. The second-order valence-electron chi connectivity index (χ2n) is 13.3. The summed E-state index contributed by atoms with van der Waals surface area (Å²) in [4.78, 5) is 12.4. The Labute approximate surface area is 347 Å². The molecule has 0 amide bonds. The Kier molecular flexibility index (Phi) is 11.3.